The number of hydrogen-bond acceptors (Lipinski definition) is 3. The first-order valence-corrected chi connectivity index (χ1v) is 7.84. The summed E-state index contributed by atoms with van der Waals surface area (Å²) < 4.78 is 0. The van der Waals surface area contributed by atoms with E-state index in [0.717, 1.165) is 31.5 Å². The van der Waals surface area contributed by atoms with Gasteiger partial charge < -0.3 is 0 Å². The highest BCUT2D eigenvalue weighted by Gasteiger charge is 2.42. The SMILES string of the molecule is Cc1ccc(N2C(=O)C[C@@H](N3CCCCCC3)C2=O)cc1. The fraction of sp³-hybridized carbons (Fsp3) is 0.529. The molecule has 2 aliphatic heterocycles. The van der Waals surface area contributed by atoms with Gasteiger partial charge in [-0.1, -0.05) is 30.5 Å². The van der Waals surface area contributed by atoms with Crippen LogP contribution < -0.4 is 4.90 Å². The van der Waals surface area contributed by atoms with Gasteiger partial charge in [-0.25, -0.2) is 4.90 Å². The topological polar surface area (TPSA) is 40.6 Å². The van der Waals surface area contributed by atoms with Crippen LogP contribution in [-0.4, -0.2) is 35.8 Å². The number of likely N-dealkylation sites (tertiary alicyclic amines) is 1. The second kappa shape index (κ2) is 5.98. The standard InChI is InChI=1S/C17H22N2O2/c1-13-6-8-14(9-7-13)19-16(20)12-15(17(19)21)18-10-4-2-3-5-11-18/h6-9,15H,2-5,10-12H2,1H3/t15-/m1/s1. The normalized spacial score (nSPS) is 24.4. The zero-order valence-corrected chi connectivity index (χ0v) is 12.5. The summed E-state index contributed by atoms with van der Waals surface area (Å²) in [5, 5.41) is 0. The summed E-state index contributed by atoms with van der Waals surface area (Å²) in [5.74, 6) is -0.121. The van der Waals surface area contributed by atoms with Crippen molar-refractivity contribution in [3.63, 3.8) is 0 Å². The molecule has 0 aliphatic carbocycles. The second-order valence-electron chi connectivity index (χ2n) is 6.07. The molecule has 2 amide bonds. The van der Waals surface area contributed by atoms with Gasteiger partial charge in [0.2, 0.25) is 5.91 Å². The second-order valence-corrected chi connectivity index (χ2v) is 6.07. The third-order valence-corrected chi connectivity index (χ3v) is 4.50. The van der Waals surface area contributed by atoms with E-state index in [1.165, 1.54) is 17.7 Å². The molecule has 2 aliphatic rings. The van der Waals surface area contributed by atoms with Crippen molar-refractivity contribution in [1.29, 1.82) is 0 Å². The van der Waals surface area contributed by atoms with E-state index in [0.29, 0.717) is 12.1 Å². The molecular weight excluding hydrogens is 264 g/mol. The Balaban J connectivity index is 1.79. The molecule has 2 saturated heterocycles. The molecule has 0 unspecified atom stereocenters. The summed E-state index contributed by atoms with van der Waals surface area (Å²) in [6, 6.07) is 7.34. The summed E-state index contributed by atoms with van der Waals surface area (Å²) in [5.41, 5.74) is 1.83. The van der Waals surface area contributed by atoms with Crippen molar-refractivity contribution in [1.82, 2.24) is 4.90 Å². The van der Waals surface area contributed by atoms with Gasteiger partial charge in [-0.05, 0) is 45.0 Å². The van der Waals surface area contributed by atoms with E-state index >= 15 is 0 Å². The average Bonchev–Trinajstić information content (AvgIpc) is 2.69. The zero-order valence-electron chi connectivity index (χ0n) is 12.5. The lowest BCUT2D eigenvalue weighted by Gasteiger charge is -2.25. The van der Waals surface area contributed by atoms with Crippen molar-refractivity contribution in [2.45, 2.75) is 45.1 Å². The molecule has 0 spiro atoms. The van der Waals surface area contributed by atoms with E-state index in [2.05, 4.69) is 4.90 Å². The van der Waals surface area contributed by atoms with Gasteiger partial charge in [0.15, 0.2) is 0 Å². The molecule has 0 radical (unpaired) electrons. The molecule has 0 saturated carbocycles. The van der Waals surface area contributed by atoms with Crippen molar-refractivity contribution in [3.8, 4) is 0 Å². The van der Waals surface area contributed by atoms with Gasteiger partial charge in [-0.15, -0.1) is 0 Å². The number of carbonyl (C=O) groups excluding carboxylic acids is 2. The maximum Gasteiger partial charge on any atom is 0.251 e. The van der Waals surface area contributed by atoms with Crippen molar-refractivity contribution in [3.05, 3.63) is 29.8 Å². The van der Waals surface area contributed by atoms with Crippen LogP contribution in [0.15, 0.2) is 24.3 Å². The van der Waals surface area contributed by atoms with Crippen LogP contribution in [0.3, 0.4) is 0 Å². The fourth-order valence-corrected chi connectivity index (χ4v) is 3.27. The molecule has 0 N–H and O–H groups in total. The summed E-state index contributed by atoms with van der Waals surface area (Å²) in [7, 11) is 0. The third-order valence-electron chi connectivity index (χ3n) is 4.50. The molecule has 2 heterocycles. The third kappa shape index (κ3) is 2.86. The summed E-state index contributed by atoms with van der Waals surface area (Å²) >= 11 is 0. The molecule has 4 heteroatoms. The number of anilines is 1. The Labute approximate surface area is 125 Å². The van der Waals surface area contributed by atoms with E-state index in [4.69, 9.17) is 0 Å². The minimum atomic E-state index is -0.253. The van der Waals surface area contributed by atoms with Crippen LogP contribution in [0.5, 0.6) is 0 Å². The maximum absolute atomic E-state index is 12.7. The van der Waals surface area contributed by atoms with Gasteiger partial charge in [-0.2, -0.15) is 0 Å². The Morgan fingerprint density at radius 1 is 0.952 bits per heavy atom. The smallest absolute Gasteiger partial charge is 0.251 e. The van der Waals surface area contributed by atoms with Gasteiger partial charge in [0.05, 0.1) is 18.2 Å². The Bertz CT molecular complexity index is 530. The Morgan fingerprint density at radius 2 is 1.57 bits per heavy atom. The first-order valence-electron chi connectivity index (χ1n) is 7.84. The average molecular weight is 286 g/mol. The highest BCUT2D eigenvalue weighted by Crippen LogP contribution is 2.27. The van der Waals surface area contributed by atoms with Gasteiger partial charge in [0, 0.05) is 0 Å². The van der Waals surface area contributed by atoms with Crippen LogP contribution in [0, 0.1) is 6.92 Å². The van der Waals surface area contributed by atoms with E-state index in [1.807, 2.05) is 31.2 Å². The number of aryl methyl sites for hydroxylation is 1. The lowest BCUT2D eigenvalue weighted by molar-refractivity contribution is -0.122. The number of nitrogens with zero attached hydrogens (tertiary/aromatic N) is 2. The minimum Gasteiger partial charge on any atom is -0.292 e. The lowest BCUT2D eigenvalue weighted by Crippen LogP contribution is -2.42. The molecule has 0 aromatic heterocycles. The highest BCUT2D eigenvalue weighted by molar-refractivity contribution is 6.22. The molecule has 2 fully saturated rings. The molecule has 1 aromatic carbocycles. The van der Waals surface area contributed by atoms with Crippen LogP contribution >= 0.6 is 0 Å². The fourth-order valence-electron chi connectivity index (χ4n) is 3.27. The van der Waals surface area contributed by atoms with Gasteiger partial charge in [-0.3, -0.25) is 14.5 Å². The number of rotatable bonds is 2. The Kier molecular flexibility index (Phi) is 4.06. The van der Waals surface area contributed by atoms with Crippen LogP contribution in [0.1, 0.15) is 37.7 Å². The van der Waals surface area contributed by atoms with E-state index < -0.39 is 0 Å². The number of benzene rings is 1. The summed E-state index contributed by atoms with van der Waals surface area (Å²) in [4.78, 5) is 28.5. The first kappa shape index (κ1) is 14.3. The first-order chi connectivity index (χ1) is 10.2. The van der Waals surface area contributed by atoms with Crippen molar-refractivity contribution in [2.75, 3.05) is 18.0 Å². The molecule has 21 heavy (non-hydrogen) atoms. The number of hydrogen-bond donors (Lipinski definition) is 0. The van der Waals surface area contributed by atoms with Crippen molar-refractivity contribution in [2.24, 2.45) is 0 Å². The molecule has 0 bridgehead atoms. The summed E-state index contributed by atoms with van der Waals surface area (Å²) in [6.45, 7) is 3.87. The quantitative estimate of drug-likeness (QED) is 0.784. The highest BCUT2D eigenvalue weighted by atomic mass is 16.2. The monoisotopic (exact) mass is 286 g/mol. The molecule has 4 nitrogen and oxygen atoms in total. The number of amides is 2. The van der Waals surface area contributed by atoms with Gasteiger partial charge in [0.25, 0.3) is 5.91 Å². The Hall–Kier alpha value is -1.68. The van der Waals surface area contributed by atoms with E-state index in [1.54, 1.807) is 0 Å². The predicted molar refractivity (Wildman–Crippen MR) is 82.1 cm³/mol. The van der Waals surface area contributed by atoms with Gasteiger partial charge >= 0.3 is 0 Å². The van der Waals surface area contributed by atoms with E-state index in [-0.39, 0.29) is 17.9 Å². The van der Waals surface area contributed by atoms with Crippen molar-refractivity contribution >= 4 is 17.5 Å². The minimum absolute atomic E-state index is 0.0502. The molecule has 3 rings (SSSR count). The van der Waals surface area contributed by atoms with Gasteiger partial charge in [0.1, 0.15) is 0 Å². The predicted octanol–water partition coefficient (Wildman–Crippen LogP) is 2.50. The van der Waals surface area contributed by atoms with Crippen LogP contribution in [0.2, 0.25) is 0 Å². The Morgan fingerprint density at radius 3 is 2.19 bits per heavy atom. The number of carbonyl (C=O) groups is 2. The van der Waals surface area contributed by atoms with Crippen LogP contribution in [0.4, 0.5) is 5.69 Å². The lowest BCUT2D eigenvalue weighted by atomic mass is 10.2. The van der Waals surface area contributed by atoms with Crippen LogP contribution in [-0.2, 0) is 9.59 Å². The molecule has 112 valence electrons. The largest absolute Gasteiger partial charge is 0.292 e. The summed E-state index contributed by atoms with van der Waals surface area (Å²) in [6.07, 6.45) is 5.04. The molecular formula is C17H22N2O2. The van der Waals surface area contributed by atoms with E-state index in [9.17, 15) is 9.59 Å². The number of imide groups is 1. The molecule has 1 aromatic rings. The molecule has 1 atom stereocenters. The van der Waals surface area contributed by atoms with Crippen molar-refractivity contribution < 1.29 is 9.59 Å². The maximum atomic E-state index is 12.7. The van der Waals surface area contributed by atoms with Crippen LogP contribution in [0.25, 0.3) is 0 Å². The zero-order chi connectivity index (χ0) is 14.8.